The normalized spacial score (nSPS) is 13.1. The second kappa shape index (κ2) is 7.68. The third-order valence-corrected chi connectivity index (χ3v) is 5.12. The summed E-state index contributed by atoms with van der Waals surface area (Å²) in [5.74, 6) is -0.783. The summed E-state index contributed by atoms with van der Waals surface area (Å²) in [6.45, 7) is 7.75. The van der Waals surface area contributed by atoms with Gasteiger partial charge in [0.2, 0.25) is 0 Å². The second-order valence-electron chi connectivity index (χ2n) is 7.44. The molecule has 27 heavy (non-hydrogen) atoms. The van der Waals surface area contributed by atoms with E-state index in [0.29, 0.717) is 5.75 Å². The molecular weight excluding hydrogens is 369 g/mol. The lowest BCUT2D eigenvalue weighted by Crippen LogP contribution is -2.30. The highest BCUT2D eigenvalue weighted by molar-refractivity contribution is 7.90. The second-order valence-corrected chi connectivity index (χ2v) is 9.46. The van der Waals surface area contributed by atoms with Gasteiger partial charge in [-0.25, -0.2) is 12.8 Å². The van der Waals surface area contributed by atoms with Crippen molar-refractivity contribution >= 4 is 21.4 Å². The van der Waals surface area contributed by atoms with Crippen molar-refractivity contribution in [2.45, 2.75) is 44.1 Å². The first kappa shape index (κ1) is 20.9. The van der Waals surface area contributed by atoms with Gasteiger partial charge in [0.25, 0.3) is 5.91 Å². The summed E-state index contributed by atoms with van der Waals surface area (Å²) in [4.78, 5) is 12.3. The molecule has 0 radical (unpaired) electrons. The van der Waals surface area contributed by atoms with Crippen LogP contribution in [0.25, 0.3) is 0 Å². The first-order valence-electron chi connectivity index (χ1n) is 8.45. The molecule has 146 valence electrons. The number of ether oxygens (including phenoxy) is 1. The number of halogens is 1. The Labute approximate surface area is 159 Å². The number of carbonyl (C=O) groups is 1. The maximum atomic E-state index is 13.9. The van der Waals surface area contributed by atoms with Gasteiger partial charge in [-0.2, -0.15) is 0 Å². The Balaban J connectivity index is 2.15. The largest absolute Gasteiger partial charge is 0.481 e. The average Bonchev–Trinajstić information content (AvgIpc) is 2.55. The molecule has 1 atom stereocenters. The van der Waals surface area contributed by atoms with Crippen LogP contribution < -0.4 is 10.1 Å². The maximum absolute atomic E-state index is 13.9. The van der Waals surface area contributed by atoms with Crippen LogP contribution in [0.3, 0.4) is 0 Å². The van der Waals surface area contributed by atoms with Crippen LogP contribution in [-0.4, -0.2) is 26.7 Å². The summed E-state index contributed by atoms with van der Waals surface area (Å²) in [7, 11) is -3.51. The molecule has 1 amide bonds. The van der Waals surface area contributed by atoms with E-state index in [-0.39, 0.29) is 16.0 Å². The standard InChI is InChI=1S/C20H24FNO4S/c1-13(26-15-8-6-7-14(11-15)20(2,3)4)19(23)22-18-12-16(27(5,24)25)9-10-17(18)21/h6-13H,1-5H3,(H,22,23). The monoisotopic (exact) mass is 393 g/mol. The summed E-state index contributed by atoms with van der Waals surface area (Å²) in [5, 5.41) is 2.38. The lowest BCUT2D eigenvalue weighted by atomic mass is 9.87. The predicted octanol–water partition coefficient (Wildman–Crippen LogP) is 3.93. The summed E-state index contributed by atoms with van der Waals surface area (Å²) in [6.07, 6.45) is 0.112. The lowest BCUT2D eigenvalue weighted by molar-refractivity contribution is -0.122. The van der Waals surface area contributed by atoms with Crippen LogP contribution in [0.1, 0.15) is 33.3 Å². The Kier molecular flexibility index (Phi) is 5.94. The van der Waals surface area contributed by atoms with Crippen LogP contribution >= 0.6 is 0 Å². The molecule has 0 aromatic heterocycles. The van der Waals surface area contributed by atoms with Crippen LogP contribution in [0.4, 0.5) is 10.1 Å². The molecule has 0 spiro atoms. The Morgan fingerprint density at radius 3 is 2.41 bits per heavy atom. The van der Waals surface area contributed by atoms with Gasteiger partial charge in [0.05, 0.1) is 10.6 Å². The third kappa shape index (κ3) is 5.53. The molecule has 1 unspecified atom stereocenters. The summed E-state index contributed by atoms with van der Waals surface area (Å²) in [6, 6.07) is 10.7. The number of sulfone groups is 1. The Morgan fingerprint density at radius 1 is 1.15 bits per heavy atom. The van der Waals surface area contributed by atoms with Crippen molar-refractivity contribution in [2.75, 3.05) is 11.6 Å². The number of amides is 1. The molecule has 0 aliphatic carbocycles. The number of hydrogen-bond acceptors (Lipinski definition) is 4. The molecule has 0 saturated carbocycles. The van der Waals surface area contributed by atoms with Gasteiger partial charge >= 0.3 is 0 Å². The molecule has 0 aliphatic rings. The third-order valence-electron chi connectivity index (χ3n) is 4.01. The van der Waals surface area contributed by atoms with E-state index in [1.54, 1.807) is 6.07 Å². The molecule has 2 aromatic rings. The van der Waals surface area contributed by atoms with Crippen molar-refractivity contribution in [1.82, 2.24) is 0 Å². The van der Waals surface area contributed by atoms with E-state index >= 15 is 0 Å². The topological polar surface area (TPSA) is 72.5 Å². The van der Waals surface area contributed by atoms with E-state index < -0.39 is 27.7 Å². The minimum absolute atomic E-state index is 0.0694. The van der Waals surface area contributed by atoms with Crippen LogP contribution in [0.5, 0.6) is 5.75 Å². The number of nitrogens with one attached hydrogen (secondary N) is 1. The first-order chi connectivity index (χ1) is 12.4. The van der Waals surface area contributed by atoms with Gasteiger partial charge in [0.15, 0.2) is 15.9 Å². The zero-order valence-electron chi connectivity index (χ0n) is 16.0. The van der Waals surface area contributed by atoms with Gasteiger partial charge in [-0.05, 0) is 48.2 Å². The number of anilines is 1. The Hall–Kier alpha value is -2.41. The SMILES string of the molecule is CC(Oc1cccc(C(C)(C)C)c1)C(=O)Nc1cc(S(C)(=O)=O)ccc1F. The Bertz CT molecular complexity index is 949. The van der Waals surface area contributed by atoms with E-state index in [9.17, 15) is 17.6 Å². The predicted molar refractivity (Wildman–Crippen MR) is 103 cm³/mol. The highest BCUT2D eigenvalue weighted by atomic mass is 32.2. The van der Waals surface area contributed by atoms with E-state index in [2.05, 4.69) is 26.1 Å². The van der Waals surface area contributed by atoms with Crippen LogP contribution in [0.2, 0.25) is 0 Å². The van der Waals surface area contributed by atoms with Crippen molar-refractivity contribution in [2.24, 2.45) is 0 Å². The summed E-state index contributed by atoms with van der Waals surface area (Å²) in [5.41, 5.74) is 0.779. The zero-order valence-corrected chi connectivity index (χ0v) is 16.9. The Morgan fingerprint density at radius 2 is 1.81 bits per heavy atom. The smallest absolute Gasteiger partial charge is 0.265 e. The molecule has 0 saturated heterocycles. The molecule has 0 fully saturated rings. The number of rotatable bonds is 5. The van der Waals surface area contributed by atoms with Crippen molar-refractivity contribution in [3.8, 4) is 5.75 Å². The van der Waals surface area contributed by atoms with Crippen molar-refractivity contribution in [1.29, 1.82) is 0 Å². The molecule has 5 nitrogen and oxygen atoms in total. The van der Waals surface area contributed by atoms with Crippen LogP contribution in [-0.2, 0) is 20.0 Å². The highest BCUT2D eigenvalue weighted by Gasteiger charge is 2.20. The van der Waals surface area contributed by atoms with Gasteiger partial charge in [0, 0.05) is 6.26 Å². The zero-order chi connectivity index (χ0) is 20.4. The van der Waals surface area contributed by atoms with E-state index in [1.807, 2.05) is 18.2 Å². The molecule has 0 bridgehead atoms. The van der Waals surface area contributed by atoms with Crippen LogP contribution in [0, 0.1) is 5.82 Å². The van der Waals surface area contributed by atoms with Crippen molar-refractivity contribution in [3.05, 3.63) is 53.8 Å². The average molecular weight is 393 g/mol. The van der Waals surface area contributed by atoms with Crippen molar-refractivity contribution < 1.29 is 22.3 Å². The maximum Gasteiger partial charge on any atom is 0.265 e. The summed E-state index contributed by atoms with van der Waals surface area (Å²) >= 11 is 0. The molecule has 0 heterocycles. The molecular formula is C20H24FNO4S. The van der Waals surface area contributed by atoms with Gasteiger partial charge in [-0.3, -0.25) is 4.79 Å². The van der Waals surface area contributed by atoms with Gasteiger partial charge in [-0.15, -0.1) is 0 Å². The molecule has 1 N–H and O–H groups in total. The molecule has 2 aromatic carbocycles. The van der Waals surface area contributed by atoms with E-state index in [1.165, 1.54) is 6.92 Å². The highest BCUT2D eigenvalue weighted by Crippen LogP contribution is 2.26. The quantitative estimate of drug-likeness (QED) is 0.781. The van der Waals surface area contributed by atoms with E-state index in [4.69, 9.17) is 4.74 Å². The summed E-state index contributed by atoms with van der Waals surface area (Å²) < 4.78 is 42.8. The van der Waals surface area contributed by atoms with Gasteiger partial charge in [-0.1, -0.05) is 32.9 Å². The number of hydrogen-bond donors (Lipinski definition) is 1. The molecule has 0 aliphatic heterocycles. The molecule has 7 heteroatoms. The van der Waals surface area contributed by atoms with Gasteiger partial charge < -0.3 is 10.1 Å². The van der Waals surface area contributed by atoms with Gasteiger partial charge in [0.1, 0.15) is 11.6 Å². The minimum atomic E-state index is -3.51. The van der Waals surface area contributed by atoms with Crippen LogP contribution in [0.15, 0.2) is 47.4 Å². The minimum Gasteiger partial charge on any atom is -0.481 e. The van der Waals surface area contributed by atoms with Crippen molar-refractivity contribution in [3.63, 3.8) is 0 Å². The fourth-order valence-electron chi connectivity index (χ4n) is 2.36. The number of carbonyl (C=O) groups excluding carboxylic acids is 1. The number of benzene rings is 2. The molecule has 2 rings (SSSR count). The fraction of sp³-hybridized carbons (Fsp3) is 0.350. The first-order valence-corrected chi connectivity index (χ1v) is 10.3. The fourth-order valence-corrected chi connectivity index (χ4v) is 3.01. The lowest BCUT2D eigenvalue weighted by Gasteiger charge is -2.21. The van der Waals surface area contributed by atoms with E-state index in [0.717, 1.165) is 30.0 Å².